The first kappa shape index (κ1) is 13.5. The van der Waals surface area contributed by atoms with Gasteiger partial charge in [0.1, 0.15) is 5.82 Å². The molecule has 1 aromatic heterocycles. The molecule has 0 amide bonds. The van der Waals surface area contributed by atoms with Gasteiger partial charge in [0.15, 0.2) is 0 Å². The molecule has 1 aromatic rings. The van der Waals surface area contributed by atoms with Crippen molar-refractivity contribution >= 4 is 11.5 Å². The highest BCUT2D eigenvalue weighted by molar-refractivity contribution is 5.54. The number of nitrogens with two attached hydrogens (primary N) is 1. The second-order valence-corrected chi connectivity index (χ2v) is 6.35. The van der Waals surface area contributed by atoms with Gasteiger partial charge in [0.05, 0.1) is 24.5 Å². The first-order chi connectivity index (χ1) is 9.53. The van der Waals surface area contributed by atoms with Gasteiger partial charge in [0.25, 0.3) is 0 Å². The molecule has 0 radical (unpaired) electrons. The number of morpholine rings is 1. The monoisotopic (exact) mass is 277 g/mol. The second kappa shape index (κ2) is 5.13. The number of rotatable bonds is 4. The fourth-order valence-corrected chi connectivity index (χ4v) is 2.43. The molecule has 0 spiro atoms. The number of aromatic nitrogens is 1. The van der Waals surface area contributed by atoms with Crippen molar-refractivity contribution in [2.45, 2.75) is 32.3 Å². The topological polar surface area (TPSA) is 60.6 Å². The zero-order chi connectivity index (χ0) is 14.2. The number of ether oxygens (including phenoxy) is 2. The lowest BCUT2D eigenvalue weighted by Crippen LogP contribution is -2.48. The van der Waals surface area contributed by atoms with Crippen LogP contribution in [-0.4, -0.2) is 36.9 Å². The fraction of sp³-hybridized carbons (Fsp3) is 0.667. The second-order valence-electron chi connectivity index (χ2n) is 6.35. The molecule has 0 atom stereocenters. The normalized spacial score (nSPS) is 21.8. The number of hydrogen-bond acceptors (Lipinski definition) is 5. The predicted molar refractivity (Wildman–Crippen MR) is 79.1 cm³/mol. The maximum Gasteiger partial charge on any atom is 0.239 e. The third-order valence-corrected chi connectivity index (χ3v) is 3.78. The minimum atomic E-state index is -0.143. The van der Waals surface area contributed by atoms with Crippen LogP contribution in [0.4, 0.5) is 11.5 Å². The average Bonchev–Trinajstić information content (AvgIpc) is 3.20. The van der Waals surface area contributed by atoms with Crippen LogP contribution in [0.3, 0.4) is 0 Å². The van der Waals surface area contributed by atoms with Gasteiger partial charge in [-0.15, -0.1) is 0 Å². The Bertz CT molecular complexity index is 486. The summed E-state index contributed by atoms with van der Waals surface area (Å²) >= 11 is 0. The van der Waals surface area contributed by atoms with E-state index < -0.39 is 0 Å². The molecule has 20 heavy (non-hydrogen) atoms. The lowest BCUT2D eigenvalue weighted by molar-refractivity contribution is -0.0279. The standard InChI is InChI=1S/C15H23N3O2/c1-15(2)10-18(7-8-20-15)13-6-5-12(16)14(17-13)19-9-11-3-4-11/h5-6,11H,3-4,7-10,16H2,1-2H3. The Morgan fingerprint density at radius 1 is 1.45 bits per heavy atom. The molecule has 2 fully saturated rings. The molecule has 0 aromatic carbocycles. The van der Waals surface area contributed by atoms with E-state index in [9.17, 15) is 0 Å². The van der Waals surface area contributed by atoms with Gasteiger partial charge in [-0.1, -0.05) is 0 Å². The first-order valence-corrected chi connectivity index (χ1v) is 7.32. The molecule has 5 heteroatoms. The largest absolute Gasteiger partial charge is 0.476 e. The van der Waals surface area contributed by atoms with E-state index in [0.717, 1.165) is 32.1 Å². The van der Waals surface area contributed by atoms with Crippen molar-refractivity contribution in [2.24, 2.45) is 5.92 Å². The highest BCUT2D eigenvalue weighted by atomic mass is 16.5. The van der Waals surface area contributed by atoms with Crippen molar-refractivity contribution in [3.05, 3.63) is 12.1 Å². The van der Waals surface area contributed by atoms with Crippen molar-refractivity contribution in [3.63, 3.8) is 0 Å². The smallest absolute Gasteiger partial charge is 0.239 e. The molecule has 1 saturated carbocycles. The Kier molecular flexibility index (Phi) is 3.46. The molecular formula is C15H23N3O2. The lowest BCUT2D eigenvalue weighted by atomic mass is 10.1. The number of nitrogens with zero attached hydrogens (tertiary/aromatic N) is 2. The van der Waals surface area contributed by atoms with Gasteiger partial charge in [0, 0.05) is 13.1 Å². The Morgan fingerprint density at radius 2 is 2.25 bits per heavy atom. The van der Waals surface area contributed by atoms with Crippen LogP contribution in [-0.2, 0) is 4.74 Å². The molecular weight excluding hydrogens is 254 g/mol. The summed E-state index contributed by atoms with van der Waals surface area (Å²) in [6, 6.07) is 3.84. The number of pyridine rings is 1. The van der Waals surface area contributed by atoms with Crippen LogP contribution in [0.2, 0.25) is 0 Å². The molecule has 2 heterocycles. The van der Waals surface area contributed by atoms with Crippen molar-refractivity contribution in [2.75, 3.05) is 36.9 Å². The van der Waals surface area contributed by atoms with E-state index in [0.29, 0.717) is 17.5 Å². The maximum atomic E-state index is 5.95. The average molecular weight is 277 g/mol. The third-order valence-electron chi connectivity index (χ3n) is 3.78. The van der Waals surface area contributed by atoms with Crippen molar-refractivity contribution in [3.8, 4) is 5.88 Å². The maximum absolute atomic E-state index is 5.95. The van der Waals surface area contributed by atoms with Gasteiger partial charge in [-0.25, -0.2) is 0 Å². The minimum Gasteiger partial charge on any atom is -0.476 e. The van der Waals surface area contributed by atoms with Crippen LogP contribution in [0.5, 0.6) is 5.88 Å². The highest BCUT2D eigenvalue weighted by Crippen LogP contribution is 2.31. The quantitative estimate of drug-likeness (QED) is 0.913. The van der Waals surface area contributed by atoms with E-state index in [4.69, 9.17) is 15.2 Å². The van der Waals surface area contributed by atoms with Gasteiger partial charge in [-0.05, 0) is 44.7 Å². The summed E-state index contributed by atoms with van der Waals surface area (Å²) in [5.74, 6) is 2.18. The molecule has 1 aliphatic carbocycles. The SMILES string of the molecule is CC1(C)CN(c2ccc(N)c(OCC3CC3)n2)CCO1. The first-order valence-electron chi connectivity index (χ1n) is 7.32. The van der Waals surface area contributed by atoms with E-state index in [1.165, 1.54) is 12.8 Å². The van der Waals surface area contributed by atoms with Crippen LogP contribution in [0, 0.1) is 5.92 Å². The summed E-state index contributed by atoms with van der Waals surface area (Å²) in [7, 11) is 0. The van der Waals surface area contributed by atoms with Gasteiger partial charge >= 0.3 is 0 Å². The molecule has 2 N–H and O–H groups in total. The van der Waals surface area contributed by atoms with Crippen molar-refractivity contribution in [1.82, 2.24) is 4.98 Å². The van der Waals surface area contributed by atoms with Crippen LogP contribution < -0.4 is 15.4 Å². The molecule has 3 rings (SSSR count). The van der Waals surface area contributed by atoms with Gasteiger partial charge in [-0.3, -0.25) is 0 Å². The Balaban J connectivity index is 1.73. The Hall–Kier alpha value is -1.49. The van der Waals surface area contributed by atoms with E-state index in [1.807, 2.05) is 12.1 Å². The van der Waals surface area contributed by atoms with Crippen LogP contribution in [0.15, 0.2) is 12.1 Å². The van der Waals surface area contributed by atoms with Gasteiger partial charge < -0.3 is 20.1 Å². The summed E-state index contributed by atoms with van der Waals surface area (Å²) in [4.78, 5) is 6.81. The van der Waals surface area contributed by atoms with E-state index in [1.54, 1.807) is 0 Å². The van der Waals surface area contributed by atoms with Crippen LogP contribution in [0.1, 0.15) is 26.7 Å². The molecule has 5 nitrogen and oxygen atoms in total. The van der Waals surface area contributed by atoms with Crippen molar-refractivity contribution < 1.29 is 9.47 Å². The third kappa shape index (κ3) is 3.15. The molecule has 0 bridgehead atoms. The summed E-state index contributed by atoms with van der Waals surface area (Å²) in [6.45, 7) is 7.32. The zero-order valence-corrected chi connectivity index (χ0v) is 12.3. The van der Waals surface area contributed by atoms with E-state index in [-0.39, 0.29) is 5.60 Å². The summed E-state index contributed by atoms with van der Waals surface area (Å²) in [6.07, 6.45) is 2.52. The number of nitrogen functional groups attached to an aromatic ring is 1. The van der Waals surface area contributed by atoms with E-state index in [2.05, 4.69) is 23.7 Å². The Labute approximate surface area is 120 Å². The van der Waals surface area contributed by atoms with E-state index >= 15 is 0 Å². The fourth-order valence-electron chi connectivity index (χ4n) is 2.43. The summed E-state index contributed by atoms with van der Waals surface area (Å²) < 4.78 is 11.5. The summed E-state index contributed by atoms with van der Waals surface area (Å²) in [5.41, 5.74) is 6.42. The van der Waals surface area contributed by atoms with Crippen LogP contribution in [0.25, 0.3) is 0 Å². The van der Waals surface area contributed by atoms with Gasteiger partial charge in [-0.2, -0.15) is 4.98 Å². The molecule has 1 saturated heterocycles. The minimum absolute atomic E-state index is 0.143. The molecule has 110 valence electrons. The molecule has 1 aliphatic heterocycles. The number of anilines is 2. The number of hydrogen-bond donors (Lipinski definition) is 1. The molecule has 0 unspecified atom stereocenters. The Morgan fingerprint density at radius 3 is 2.95 bits per heavy atom. The van der Waals surface area contributed by atoms with Crippen molar-refractivity contribution in [1.29, 1.82) is 0 Å². The highest BCUT2D eigenvalue weighted by Gasteiger charge is 2.28. The predicted octanol–water partition coefficient (Wildman–Crippen LogP) is 2.07. The molecule has 2 aliphatic rings. The van der Waals surface area contributed by atoms with Crippen LogP contribution >= 0.6 is 0 Å². The zero-order valence-electron chi connectivity index (χ0n) is 12.3. The lowest BCUT2D eigenvalue weighted by Gasteiger charge is -2.38. The summed E-state index contributed by atoms with van der Waals surface area (Å²) in [5, 5.41) is 0. The van der Waals surface area contributed by atoms with Gasteiger partial charge in [0.2, 0.25) is 5.88 Å².